The lowest BCUT2D eigenvalue weighted by atomic mass is 9.88. The number of methoxy groups -OCH3 is 1. The Morgan fingerprint density at radius 2 is 1.73 bits per heavy atom. The molecule has 0 bridgehead atoms. The number of rotatable bonds is 9. The second kappa shape index (κ2) is 15.2. The van der Waals surface area contributed by atoms with Gasteiger partial charge in [0.1, 0.15) is 17.6 Å². The molecule has 0 spiro atoms. The molecule has 1 atom stereocenters. The van der Waals surface area contributed by atoms with E-state index in [4.69, 9.17) is 4.74 Å². The maximum absolute atomic E-state index is 15.8. The molecule has 2 aromatic heterocycles. The monoisotopic (exact) mass is 708 g/mol. The van der Waals surface area contributed by atoms with E-state index in [-0.39, 0.29) is 29.1 Å². The van der Waals surface area contributed by atoms with Crippen molar-refractivity contribution in [3.8, 4) is 16.9 Å². The molecular formula is C40H45FN6O5. The number of carbonyl (C=O) groups excluding carboxylic acids is 3. The van der Waals surface area contributed by atoms with Crippen LogP contribution >= 0.6 is 0 Å². The minimum atomic E-state index is -0.408. The number of nitrogens with one attached hydrogen (secondary N) is 2. The molecule has 3 amide bonds. The summed E-state index contributed by atoms with van der Waals surface area (Å²) in [4.78, 5) is 57.8. The first-order valence-corrected chi connectivity index (χ1v) is 18.2. The minimum Gasteiger partial charge on any atom is -0.496 e. The molecule has 3 fully saturated rings. The average Bonchev–Trinajstić information content (AvgIpc) is 3.16. The van der Waals surface area contributed by atoms with Gasteiger partial charge in [0, 0.05) is 74.9 Å². The Bertz CT molecular complexity index is 2030. The molecule has 1 unspecified atom stereocenters. The van der Waals surface area contributed by atoms with Crippen LogP contribution in [0.2, 0.25) is 0 Å². The number of aromatic nitrogens is 2. The molecule has 2 aromatic carbocycles. The van der Waals surface area contributed by atoms with E-state index in [2.05, 4.69) is 32.7 Å². The molecule has 4 aromatic rings. The third kappa shape index (κ3) is 7.57. The molecule has 2 N–H and O–H groups in total. The SMILES string of the molecule is COc1cc(-c2cn(C)c(=O)c3cnccc23)cc(F)c1CN1CCC(CC(=O)N2CCC(c3ccc(NC4CCC(=O)NC4=O)cc3)CC2)CC1. The molecule has 11 nitrogen and oxygen atoms in total. The predicted molar refractivity (Wildman–Crippen MR) is 196 cm³/mol. The molecule has 5 heterocycles. The van der Waals surface area contributed by atoms with E-state index in [1.807, 2.05) is 23.1 Å². The Balaban J connectivity index is 0.893. The summed E-state index contributed by atoms with van der Waals surface area (Å²) >= 11 is 0. The number of hydrogen-bond acceptors (Lipinski definition) is 8. The smallest absolute Gasteiger partial charge is 0.259 e. The zero-order valence-electron chi connectivity index (χ0n) is 29.7. The second-order valence-corrected chi connectivity index (χ2v) is 14.4. The van der Waals surface area contributed by atoms with Crippen LogP contribution in [0.3, 0.4) is 0 Å². The summed E-state index contributed by atoms with van der Waals surface area (Å²) in [5.41, 5.74) is 3.78. The fraction of sp³-hybridized carbons (Fsp3) is 0.425. The Labute approximate surface area is 302 Å². The van der Waals surface area contributed by atoms with Crippen LogP contribution in [0, 0.1) is 11.7 Å². The van der Waals surface area contributed by atoms with Crippen molar-refractivity contribution in [1.29, 1.82) is 0 Å². The second-order valence-electron chi connectivity index (χ2n) is 14.4. The van der Waals surface area contributed by atoms with Crippen molar-refractivity contribution >= 4 is 34.2 Å². The number of pyridine rings is 2. The van der Waals surface area contributed by atoms with Gasteiger partial charge in [0.2, 0.25) is 17.7 Å². The van der Waals surface area contributed by atoms with E-state index in [9.17, 15) is 19.2 Å². The molecule has 0 radical (unpaired) electrons. The van der Waals surface area contributed by atoms with Gasteiger partial charge < -0.3 is 19.5 Å². The molecule has 3 aliphatic heterocycles. The van der Waals surface area contributed by atoms with Crippen LogP contribution in [0.4, 0.5) is 10.1 Å². The summed E-state index contributed by atoms with van der Waals surface area (Å²) in [5, 5.41) is 6.79. The number of ether oxygens (including phenoxy) is 1. The highest BCUT2D eigenvalue weighted by Gasteiger charge is 2.29. The van der Waals surface area contributed by atoms with Crippen LogP contribution in [-0.2, 0) is 28.0 Å². The molecule has 7 rings (SSSR count). The molecule has 0 saturated carbocycles. The van der Waals surface area contributed by atoms with Gasteiger partial charge in [-0.15, -0.1) is 0 Å². The van der Waals surface area contributed by atoms with Gasteiger partial charge in [-0.1, -0.05) is 12.1 Å². The number of nitrogens with zero attached hydrogens (tertiary/aromatic N) is 4. The number of amides is 3. The van der Waals surface area contributed by atoms with Gasteiger partial charge in [0.15, 0.2) is 0 Å². The Morgan fingerprint density at radius 3 is 2.44 bits per heavy atom. The van der Waals surface area contributed by atoms with Crippen LogP contribution < -0.4 is 20.9 Å². The van der Waals surface area contributed by atoms with E-state index in [1.54, 1.807) is 32.6 Å². The van der Waals surface area contributed by atoms with E-state index in [0.717, 1.165) is 63.1 Å². The lowest BCUT2D eigenvalue weighted by molar-refractivity contribution is -0.134. The summed E-state index contributed by atoms with van der Waals surface area (Å²) in [7, 11) is 3.22. The van der Waals surface area contributed by atoms with Crippen molar-refractivity contribution in [1.82, 2.24) is 24.7 Å². The number of halogens is 1. The summed E-state index contributed by atoms with van der Waals surface area (Å²) < 4.78 is 23.0. The lowest BCUT2D eigenvalue weighted by Crippen LogP contribution is -2.47. The van der Waals surface area contributed by atoms with Crippen LogP contribution in [-0.4, -0.2) is 76.4 Å². The summed E-state index contributed by atoms with van der Waals surface area (Å²) in [6, 6.07) is 12.9. The van der Waals surface area contributed by atoms with E-state index >= 15 is 4.39 Å². The number of likely N-dealkylation sites (tertiary alicyclic amines) is 2. The Morgan fingerprint density at radius 1 is 0.981 bits per heavy atom. The van der Waals surface area contributed by atoms with Crippen molar-refractivity contribution < 1.29 is 23.5 Å². The largest absolute Gasteiger partial charge is 0.496 e. The zero-order chi connectivity index (χ0) is 36.4. The topological polar surface area (TPSA) is 126 Å². The predicted octanol–water partition coefficient (Wildman–Crippen LogP) is 4.97. The fourth-order valence-electron chi connectivity index (χ4n) is 7.94. The average molecular weight is 709 g/mol. The first-order valence-electron chi connectivity index (χ1n) is 18.2. The van der Waals surface area contributed by atoms with Gasteiger partial charge in [-0.05, 0) is 104 Å². The zero-order valence-corrected chi connectivity index (χ0v) is 29.7. The summed E-state index contributed by atoms with van der Waals surface area (Å²) in [6.07, 6.45) is 9.82. The Kier molecular flexibility index (Phi) is 10.4. The van der Waals surface area contributed by atoms with Crippen LogP contribution in [0.5, 0.6) is 5.75 Å². The molecule has 3 aliphatic rings. The molecule has 3 saturated heterocycles. The normalized spacial score (nSPS) is 19.1. The van der Waals surface area contributed by atoms with Gasteiger partial charge >= 0.3 is 0 Å². The van der Waals surface area contributed by atoms with Crippen LogP contribution in [0.25, 0.3) is 21.9 Å². The maximum Gasteiger partial charge on any atom is 0.259 e. The van der Waals surface area contributed by atoms with Crippen LogP contribution in [0.1, 0.15) is 62.0 Å². The van der Waals surface area contributed by atoms with E-state index in [1.165, 1.54) is 22.4 Å². The number of fused-ring (bicyclic) bond motifs is 1. The van der Waals surface area contributed by atoms with Gasteiger partial charge in [0.25, 0.3) is 5.56 Å². The molecular weight excluding hydrogens is 663 g/mol. The maximum atomic E-state index is 15.8. The number of imide groups is 1. The Hall–Kier alpha value is -5.10. The quantitative estimate of drug-likeness (QED) is 0.234. The number of benzene rings is 2. The molecule has 0 aliphatic carbocycles. The van der Waals surface area contributed by atoms with Crippen molar-refractivity contribution in [2.75, 3.05) is 38.6 Å². The fourth-order valence-corrected chi connectivity index (χ4v) is 7.94. The third-order valence-electron chi connectivity index (χ3n) is 11.0. The first kappa shape index (κ1) is 35.3. The van der Waals surface area contributed by atoms with Crippen LogP contribution in [0.15, 0.2) is 65.8 Å². The van der Waals surface area contributed by atoms with Gasteiger partial charge in [0.05, 0.1) is 12.5 Å². The molecule has 52 heavy (non-hydrogen) atoms. The highest BCUT2D eigenvalue weighted by atomic mass is 19.1. The van der Waals surface area contributed by atoms with Crippen molar-refractivity contribution in [3.63, 3.8) is 0 Å². The highest BCUT2D eigenvalue weighted by molar-refractivity contribution is 6.01. The highest BCUT2D eigenvalue weighted by Crippen LogP contribution is 2.35. The summed E-state index contributed by atoms with van der Waals surface area (Å²) in [5.74, 6) is 0.488. The van der Waals surface area contributed by atoms with Crippen molar-refractivity contribution in [2.45, 2.75) is 63.5 Å². The summed E-state index contributed by atoms with van der Waals surface area (Å²) in [6.45, 7) is 3.43. The number of aryl methyl sites for hydroxylation is 1. The first-order chi connectivity index (χ1) is 25.2. The van der Waals surface area contributed by atoms with Crippen molar-refractivity contribution in [2.24, 2.45) is 13.0 Å². The minimum absolute atomic E-state index is 0.159. The lowest BCUT2D eigenvalue weighted by Gasteiger charge is -2.35. The number of hydrogen-bond donors (Lipinski definition) is 2. The van der Waals surface area contributed by atoms with E-state index in [0.29, 0.717) is 65.3 Å². The van der Waals surface area contributed by atoms with Crippen molar-refractivity contribution in [3.05, 3.63) is 88.4 Å². The van der Waals surface area contributed by atoms with Gasteiger partial charge in [-0.25, -0.2) is 4.39 Å². The standard InChI is InChI=1S/C40H45FN6O5/c1-45-23-32(30-9-14-42-22-31(30)40(45)51)28-20-34(41)33(36(21-28)52-2)24-46-15-10-25(11-16-46)19-38(49)47-17-12-27(13-18-47)26-3-5-29(6-4-26)43-35-7-8-37(48)44-39(35)50/h3-6,9,14,20-23,25,27,35,43H,7-8,10-13,15-19,24H2,1-2H3,(H,44,48,50). The van der Waals surface area contributed by atoms with Gasteiger partial charge in [-0.3, -0.25) is 34.4 Å². The third-order valence-corrected chi connectivity index (χ3v) is 11.0. The number of piperidine rings is 3. The number of anilines is 1. The molecule has 272 valence electrons. The van der Waals surface area contributed by atoms with Gasteiger partial charge in [-0.2, -0.15) is 0 Å². The number of carbonyl (C=O) groups is 3. The molecule has 12 heteroatoms. The van der Waals surface area contributed by atoms with E-state index < -0.39 is 6.04 Å².